The van der Waals surface area contributed by atoms with Gasteiger partial charge in [0, 0.05) is 6.54 Å². The van der Waals surface area contributed by atoms with Gasteiger partial charge in [-0.2, -0.15) is 0 Å². The molecule has 1 N–H and O–H groups in total. The van der Waals surface area contributed by atoms with Crippen LogP contribution in [0, 0.1) is 10.1 Å². The molecule has 0 radical (unpaired) electrons. The van der Waals surface area contributed by atoms with Crippen molar-refractivity contribution in [2.75, 3.05) is 32.2 Å². The number of anilines is 1. The lowest BCUT2D eigenvalue weighted by molar-refractivity contribution is -0.384. The maximum absolute atomic E-state index is 11.8. The lowest BCUT2D eigenvalue weighted by atomic mass is 10.2. The van der Waals surface area contributed by atoms with Crippen LogP contribution in [0.25, 0.3) is 0 Å². The third-order valence-electron chi connectivity index (χ3n) is 2.21. The predicted octanol–water partition coefficient (Wildman–Crippen LogP) is 2.30. The zero-order chi connectivity index (χ0) is 14.3. The van der Waals surface area contributed by atoms with Gasteiger partial charge in [-0.05, 0) is 12.1 Å². The molecule has 19 heavy (non-hydrogen) atoms. The first-order chi connectivity index (χ1) is 9.06. The Morgan fingerprint density at radius 1 is 1.47 bits per heavy atom. The number of halogens is 2. The van der Waals surface area contributed by atoms with E-state index in [4.69, 9.17) is 4.74 Å². The molecule has 0 aliphatic carbocycles. The predicted molar refractivity (Wildman–Crippen MR) is 65.0 cm³/mol. The van der Waals surface area contributed by atoms with Crippen LogP contribution in [0.15, 0.2) is 18.2 Å². The van der Waals surface area contributed by atoms with E-state index in [0.29, 0.717) is 0 Å². The SMILES string of the molecule is COc1cccc(NCCOCC(F)F)c1[N+](=O)[O-]. The molecule has 1 aromatic carbocycles. The molecule has 0 saturated carbocycles. The second-order valence-electron chi connectivity index (χ2n) is 3.51. The molecule has 0 fully saturated rings. The van der Waals surface area contributed by atoms with Crippen molar-refractivity contribution in [1.29, 1.82) is 0 Å². The third-order valence-corrected chi connectivity index (χ3v) is 2.21. The summed E-state index contributed by atoms with van der Waals surface area (Å²) in [7, 11) is 1.33. The minimum Gasteiger partial charge on any atom is -0.490 e. The summed E-state index contributed by atoms with van der Waals surface area (Å²) < 4.78 is 33.2. The van der Waals surface area contributed by atoms with E-state index in [9.17, 15) is 18.9 Å². The zero-order valence-corrected chi connectivity index (χ0v) is 10.3. The van der Waals surface area contributed by atoms with Crippen molar-refractivity contribution < 1.29 is 23.2 Å². The van der Waals surface area contributed by atoms with E-state index in [2.05, 4.69) is 10.1 Å². The maximum atomic E-state index is 11.8. The number of nitro groups is 1. The fraction of sp³-hybridized carbons (Fsp3) is 0.455. The summed E-state index contributed by atoms with van der Waals surface area (Å²) in [5.74, 6) is 0.128. The summed E-state index contributed by atoms with van der Waals surface area (Å²) in [5.41, 5.74) is 0.0591. The van der Waals surface area contributed by atoms with Crippen LogP contribution in [-0.2, 0) is 4.74 Å². The Kier molecular flexibility index (Phi) is 5.94. The Morgan fingerprint density at radius 3 is 2.79 bits per heavy atom. The molecule has 106 valence electrons. The Morgan fingerprint density at radius 2 is 2.21 bits per heavy atom. The van der Waals surface area contributed by atoms with Crippen molar-refractivity contribution >= 4 is 11.4 Å². The largest absolute Gasteiger partial charge is 0.490 e. The topological polar surface area (TPSA) is 73.6 Å². The molecular weight excluding hydrogens is 262 g/mol. The number of hydrogen-bond acceptors (Lipinski definition) is 5. The second kappa shape index (κ2) is 7.47. The lowest BCUT2D eigenvalue weighted by Crippen LogP contribution is -2.14. The van der Waals surface area contributed by atoms with E-state index in [1.54, 1.807) is 6.07 Å². The van der Waals surface area contributed by atoms with Gasteiger partial charge in [0.05, 0.1) is 18.6 Å². The van der Waals surface area contributed by atoms with E-state index in [1.807, 2.05) is 0 Å². The van der Waals surface area contributed by atoms with Gasteiger partial charge in [-0.15, -0.1) is 0 Å². The summed E-state index contributed by atoms with van der Waals surface area (Å²) in [5, 5.41) is 13.7. The number of hydrogen-bond donors (Lipinski definition) is 1. The van der Waals surface area contributed by atoms with Crippen LogP contribution < -0.4 is 10.1 Å². The second-order valence-corrected chi connectivity index (χ2v) is 3.51. The number of alkyl halides is 2. The molecule has 0 bridgehead atoms. The fourth-order valence-electron chi connectivity index (χ4n) is 1.45. The number of para-hydroxylation sites is 1. The summed E-state index contributed by atoms with van der Waals surface area (Å²) in [6.07, 6.45) is -2.52. The van der Waals surface area contributed by atoms with Crippen molar-refractivity contribution in [3.63, 3.8) is 0 Å². The van der Waals surface area contributed by atoms with Gasteiger partial charge in [-0.1, -0.05) is 6.07 Å². The molecule has 0 atom stereocenters. The van der Waals surface area contributed by atoms with Crippen molar-refractivity contribution in [3.8, 4) is 5.75 Å². The number of benzene rings is 1. The smallest absolute Gasteiger partial charge is 0.333 e. The fourth-order valence-corrected chi connectivity index (χ4v) is 1.45. The standard InChI is InChI=1S/C11H14F2N2O4/c1-18-9-4-2-3-8(11(9)15(16)17)14-5-6-19-7-10(12)13/h2-4,10,14H,5-7H2,1H3. The molecule has 0 aliphatic heterocycles. The van der Waals surface area contributed by atoms with Crippen molar-refractivity contribution in [2.45, 2.75) is 6.43 Å². The number of rotatable bonds is 8. The van der Waals surface area contributed by atoms with Crippen LogP contribution in [0.2, 0.25) is 0 Å². The molecule has 0 amide bonds. The van der Waals surface area contributed by atoms with E-state index < -0.39 is 18.0 Å². The molecule has 0 spiro atoms. The minimum atomic E-state index is -2.52. The number of ether oxygens (including phenoxy) is 2. The Labute approximate surface area is 108 Å². The van der Waals surface area contributed by atoms with Crippen molar-refractivity contribution in [1.82, 2.24) is 0 Å². The highest BCUT2D eigenvalue weighted by molar-refractivity contribution is 5.68. The molecular formula is C11H14F2N2O4. The van der Waals surface area contributed by atoms with Crippen LogP contribution in [0.5, 0.6) is 5.75 Å². The Bertz CT molecular complexity index is 429. The molecule has 1 rings (SSSR count). The summed E-state index contributed by atoms with van der Waals surface area (Å²) in [6.45, 7) is -0.443. The average Bonchev–Trinajstić information content (AvgIpc) is 2.37. The van der Waals surface area contributed by atoms with Gasteiger partial charge < -0.3 is 14.8 Å². The van der Waals surface area contributed by atoms with Gasteiger partial charge in [0.1, 0.15) is 12.3 Å². The molecule has 0 saturated heterocycles. The van der Waals surface area contributed by atoms with Crippen molar-refractivity contribution in [3.05, 3.63) is 28.3 Å². The van der Waals surface area contributed by atoms with Gasteiger partial charge >= 0.3 is 5.69 Å². The van der Waals surface area contributed by atoms with Crippen LogP contribution in [0.4, 0.5) is 20.2 Å². The monoisotopic (exact) mass is 276 g/mol. The van der Waals surface area contributed by atoms with E-state index in [0.717, 1.165) is 0 Å². The maximum Gasteiger partial charge on any atom is 0.333 e. The van der Waals surface area contributed by atoms with Crippen molar-refractivity contribution in [2.24, 2.45) is 0 Å². The molecule has 0 aromatic heterocycles. The molecule has 0 heterocycles. The Balaban J connectivity index is 2.60. The normalized spacial score (nSPS) is 10.5. The van der Waals surface area contributed by atoms with Gasteiger partial charge in [0.25, 0.3) is 6.43 Å². The number of nitrogens with zero attached hydrogens (tertiary/aromatic N) is 1. The summed E-state index contributed by atoms with van der Waals surface area (Å²) in [4.78, 5) is 10.4. The molecule has 6 nitrogen and oxygen atoms in total. The van der Waals surface area contributed by atoms with Gasteiger partial charge in [0.15, 0.2) is 5.75 Å². The van der Waals surface area contributed by atoms with Crippen LogP contribution in [-0.4, -0.2) is 38.2 Å². The molecule has 1 aromatic rings. The van der Waals surface area contributed by atoms with E-state index in [1.165, 1.54) is 19.2 Å². The highest BCUT2D eigenvalue weighted by Crippen LogP contribution is 2.34. The quantitative estimate of drug-likeness (QED) is 0.448. The lowest BCUT2D eigenvalue weighted by Gasteiger charge is -2.09. The van der Waals surface area contributed by atoms with Crippen LogP contribution in [0.1, 0.15) is 0 Å². The van der Waals surface area contributed by atoms with Crippen LogP contribution in [0.3, 0.4) is 0 Å². The van der Waals surface area contributed by atoms with Crippen LogP contribution >= 0.6 is 0 Å². The molecule has 0 aliphatic rings. The summed E-state index contributed by atoms with van der Waals surface area (Å²) in [6, 6.07) is 4.57. The first-order valence-electron chi connectivity index (χ1n) is 5.47. The third kappa shape index (κ3) is 4.66. The number of methoxy groups -OCH3 is 1. The first-order valence-corrected chi connectivity index (χ1v) is 5.47. The first kappa shape index (κ1) is 15.1. The van der Waals surface area contributed by atoms with Gasteiger partial charge in [-0.3, -0.25) is 10.1 Å². The number of nitrogens with one attached hydrogen (secondary N) is 1. The highest BCUT2D eigenvalue weighted by atomic mass is 19.3. The highest BCUT2D eigenvalue weighted by Gasteiger charge is 2.19. The summed E-state index contributed by atoms with van der Waals surface area (Å²) >= 11 is 0. The number of nitro benzene ring substituents is 1. The molecule has 0 unspecified atom stereocenters. The zero-order valence-electron chi connectivity index (χ0n) is 10.3. The molecule has 8 heteroatoms. The van der Waals surface area contributed by atoms with E-state index in [-0.39, 0.29) is 30.3 Å². The minimum absolute atomic E-state index is 0.0265. The Hall–Kier alpha value is -1.96. The van der Waals surface area contributed by atoms with E-state index >= 15 is 0 Å². The van der Waals surface area contributed by atoms with Gasteiger partial charge in [-0.25, -0.2) is 8.78 Å². The average molecular weight is 276 g/mol. The van der Waals surface area contributed by atoms with Gasteiger partial charge in [0.2, 0.25) is 0 Å².